The number of hydrogen-bond donors (Lipinski definition) is 2. The highest BCUT2D eigenvalue weighted by Gasteiger charge is 2.14. The second-order valence-electron chi connectivity index (χ2n) is 7.09. The van der Waals surface area contributed by atoms with Crippen LogP contribution in [0.4, 0.5) is 0 Å². The Morgan fingerprint density at radius 1 is 1.33 bits per heavy atom. The van der Waals surface area contributed by atoms with Gasteiger partial charge in [0.25, 0.3) is 0 Å². The standard InChI is InChI=1S/C18H34N6/c1-16-6-12-23(13-7-16)10-4-8-20-18(19-3)21-14-17(2)15-24-11-5-9-22-24/h5,9,11,16-17H,4,6-8,10,12-15H2,1-3H3,(H2,19,20,21). The van der Waals surface area contributed by atoms with Crippen molar-refractivity contribution in [2.45, 2.75) is 39.7 Å². The Morgan fingerprint density at radius 3 is 2.79 bits per heavy atom. The Kier molecular flexibility index (Phi) is 8.08. The molecule has 6 heteroatoms. The molecule has 2 N–H and O–H groups in total. The van der Waals surface area contributed by atoms with E-state index in [-0.39, 0.29) is 0 Å². The molecule has 1 unspecified atom stereocenters. The van der Waals surface area contributed by atoms with E-state index in [0.717, 1.165) is 37.9 Å². The number of rotatable bonds is 8. The van der Waals surface area contributed by atoms with Gasteiger partial charge in [-0.1, -0.05) is 13.8 Å². The van der Waals surface area contributed by atoms with Gasteiger partial charge >= 0.3 is 0 Å². The molecule has 0 amide bonds. The number of piperidine rings is 1. The molecular formula is C18H34N6. The van der Waals surface area contributed by atoms with E-state index in [1.165, 1.54) is 32.5 Å². The zero-order chi connectivity index (χ0) is 17.2. The number of guanidine groups is 1. The molecule has 0 aromatic carbocycles. The average Bonchev–Trinajstić information content (AvgIpc) is 3.08. The number of aromatic nitrogens is 2. The van der Waals surface area contributed by atoms with Gasteiger partial charge in [-0.2, -0.15) is 5.10 Å². The second-order valence-corrected chi connectivity index (χ2v) is 7.09. The van der Waals surface area contributed by atoms with Crippen LogP contribution >= 0.6 is 0 Å². The van der Waals surface area contributed by atoms with Gasteiger partial charge in [-0.3, -0.25) is 9.67 Å². The first-order valence-electron chi connectivity index (χ1n) is 9.31. The van der Waals surface area contributed by atoms with Crippen molar-refractivity contribution in [2.24, 2.45) is 16.8 Å². The van der Waals surface area contributed by atoms with Crippen molar-refractivity contribution in [1.29, 1.82) is 0 Å². The first-order chi connectivity index (χ1) is 11.7. The lowest BCUT2D eigenvalue weighted by molar-refractivity contribution is 0.191. The highest BCUT2D eigenvalue weighted by Crippen LogP contribution is 2.15. The van der Waals surface area contributed by atoms with Crippen molar-refractivity contribution in [2.75, 3.05) is 39.8 Å². The minimum Gasteiger partial charge on any atom is -0.356 e. The number of nitrogens with one attached hydrogen (secondary N) is 2. The summed E-state index contributed by atoms with van der Waals surface area (Å²) in [4.78, 5) is 6.90. The van der Waals surface area contributed by atoms with Crippen LogP contribution in [0.15, 0.2) is 23.5 Å². The summed E-state index contributed by atoms with van der Waals surface area (Å²) >= 11 is 0. The summed E-state index contributed by atoms with van der Waals surface area (Å²) < 4.78 is 1.97. The molecule has 1 saturated heterocycles. The van der Waals surface area contributed by atoms with Crippen LogP contribution in [-0.2, 0) is 6.54 Å². The topological polar surface area (TPSA) is 57.5 Å². The van der Waals surface area contributed by atoms with Gasteiger partial charge in [-0.05, 0) is 56.8 Å². The van der Waals surface area contributed by atoms with E-state index in [1.54, 1.807) is 0 Å². The van der Waals surface area contributed by atoms with E-state index in [0.29, 0.717) is 5.92 Å². The van der Waals surface area contributed by atoms with Gasteiger partial charge in [0, 0.05) is 39.1 Å². The molecular weight excluding hydrogens is 300 g/mol. The van der Waals surface area contributed by atoms with E-state index >= 15 is 0 Å². The van der Waals surface area contributed by atoms with Crippen LogP contribution in [0.1, 0.15) is 33.1 Å². The van der Waals surface area contributed by atoms with Crippen molar-refractivity contribution < 1.29 is 0 Å². The molecule has 0 radical (unpaired) electrons. The molecule has 6 nitrogen and oxygen atoms in total. The fraction of sp³-hybridized carbons (Fsp3) is 0.778. The van der Waals surface area contributed by atoms with E-state index in [4.69, 9.17) is 0 Å². The minimum absolute atomic E-state index is 0.499. The molecule has 24 heavy (non-hydrogen) atoms. The Labute approximate surface area is 146 Å². The number of likely N-dealkylation sites (tertiary alicyclic amines) is 1. The molecule has 2 rings (SSSR count). The van der Waals surface area contributed by atoms with Gasteiger partial charge in [-0.25, -0.2) is 0 Å². The fourth-order valence-corrected chi connectivity index (χ4v) is 3.08. The van der Waals surface area contributed by atoms with Crippen LogP contribution in [0.2, 0.25) is 0 Å². The third-order valence-electron chi connectivity index (χ3n) is 4.72. The van der Waals surface area contributed by atoms with Crippen LogP contribution in [0.5, 0.6) is 0 Å². The van der Waals surface area contributed by atoms with Crippen LogP contribution in [0, 0.1) is 11.8 Å². The van der Waals surface area contributed by atoms with Crippen molar-refractivity contribution in [3.05, 3.63) is 18.5 Å². The largest absolute Gasteiger partial charge is 0.356 e. The lowest BCUT2D eigenvalue weighted by Crippen LogP contribution is -2.41. The maximum Gasteiger partial charge on any atom is 0.190 e. The molecule has 1 aliphatic rings. The van der Waals surface area contributed by atoms with Gasteiger partial charge in [0.05, 0.1) is 0 Å². The molecule has 1 aliphatic heterocycles. The van der Waals surface area contributed by atoms with E-state index in [9.17, 15) is 0 Å². The number of hydrogen-bond acceptors (Lipinski definition) is 3. The first kappa shape index (κ1) is 18.8. The van der Waals surface area contributed by atoms with Crippen LogP contribution in [0.25, 0.3) is 0 Å². The molecule has 2 heterocycles. The van der Waals surface area contributed by atoms with Crippen LogP contribution in [0.3, 0.4) is 0 Å². The monoisotopic (exact) mass is 334 g/mol. The van der Waals surface area contributed by atoms with Crippen molar-refractivity contribution in [1.82, 2.24) is 25.3 Å². The predicted octanol–water partition coefficient (Wildman–Crippen LogP) is 1.81. The van der Waals surface area contributed by atoms with Crippen LogP contribution in [-0.4, -0.2) is 60.4 Å². The van der Waals surface area contributed by atoms with Gasteiger partial charge < -0.3 is 15.5 Å². The molecule has 1 aromatic heterocycles. The van der Waals surface area contributed by atoms with Crippen LogP contribution < -0.4 is 10.6 Å². The zero-order valence-corrected chi connectivity index (χ0v) is 15.5. The van der Waals surface area contributed by atoms with Gasteiger partial charge in [0.2, 0.25) is 0 Å². The second kappa shape index (κ2) is 10.3. The highest BCUT2D eigenvalue weighted by atomic mass is 15.3. The number of nitrogens with zero attached hydrogens (tertiary/aromatic N) is 4. The maximum absolute atomic E-state index is 4.31. The molecule has 0 bridgehead atoms. The first-order valence-corrected chi connectivity index (χ1v) is 9.31. The van der Waals surface area contributed by atoms with Gasteiger partial charge in [0.1, 0.15) is 0 Å². The highest BCUT2D eigenvalue weighted by molar-refractivity contribution is 5.79. The summed E-state index contributed by atoms with van der Waals surface area (Å²) in [5.74, 6) is 2.31. The van der Waals surface area contributed by atoms with Gasteiger partial charge in [0.15, 0.2) is 5.96 Å². The molecule has 0 spiro atoms. The summed E-state index contributed by atoms with van der Waals surface area (Å²) in [5, 5.41) is 11.1. The molecule has 1 fully saturated rings. The Morgan fingerprint density at radius 2 is 2.12 bits per heavy atom. The number of aliphatic imine (C=N–C) groups is 1. The van der Waals surface area contributed by atoms with E-state index in [1.807, 2.05) is 30.2 Å². The summed E-state index contributed by atoms with van der Waals surface area (Å²) in [5.41, 5.74) is 0. The lowest BCUT2D eigenvalue weighted by Gasteiger charge is -2.30. The Bertz CT molecular complexity index is 462. The van der Waals surface area contributed by atoms with E-state index < -0.39 is 0 Å². The minimum atomic E-state index is 0.499. The summed E-state index contributed by atoms with van der Waals surface area (Å²) in [7, 11) is 1.83. The average molecular weight is 335 g/mol. The molecule has 1 atom stereocenters. The zero-order valence-electron chi connectivity index (χ0n) is 15.5. The SMILES string of the molecule is CN=C(NCCCN1CCC(C)CC1)NCC(C)Cn1cccn1. The normalized spacial score (nSPS) is 18.5. The van der Waals surface area contributed by atoms with Gasteiger partial charge in [-0.15, -0.1) is 0 Å². The molecule has 0 aliphatic carbocycles. The summed E-state index contributed by atoms with van der Waals surface area (Å²) in [6.45, 7) is 11.1. The van der Waals surface area contributed by atoms with Crippen molar-refractivity contribution >= 4 is 5.96 Å². The predicted molar refractivity (Wildman–Crippen MR) is 100 cm³/mol. The third kappa shape index (κ3) is 6.91. The third-order valence-corrected chi connectivity index (χ3v) is 4.72. The van der Waals surface area contributed by atoms with E-state index in [2.05, 4.69) is 39.5 Å². The maximum atomic E-state index is 4.31. The molecule has 136 valence electrons. The van der Waals surface area contributed by atoms with Crippen molar-refractivity contribution in [3.63, 3.8) is 0 Å². The summed E-state index contributed by atoms with van der Waals surface area (Å²) in [6, 6.07) is 1.96. The Hall–Kier alpha value is -1.56. The quantitative estimate of drug-likeness (QED) is 0.432. The lowest BCUT2D eigenvalue weighted by atomic mass is 9.99. The van der Waals surface area contributed by atoms with Crippen molar-refractivity contribution in [3.8, 4) is 0 Å². The molecule has 0 saturated carbocycles. The summed E-state index contributed by atoms with van der Waals surface area (Å²) in [6.07, 6.45) is 7.70. The smallest absolute Gasteiger partial charge is 0.190 e. The Balaban J connectivity index is 1.55. The fourth-order valence-electron chi connectivity index (χ4n) is 3.08. The molecule has 1 aromatic rings.